The maximum Gasteiger partial charge on any atom is -0.0162 e. The molecule has 0 bridgehead atoms. The summed E-state index contributed by atoms with van der Waals surface area (Å²) < 4.78 is 0. The van der Waals surface area contributed by atoms with Crippen LogP contribution < -0.4 is 0 Å². The van der Waals surface area contributed by atoms with Crippen LogP contribution in [0.15, 0.2) is 24.3 Å². The van der Waals surface area contributed by atoms with Gasteiger partial charge in [0.15, 0.2) is 0 Å². The average molecular weight is 329 g/mol. The van der Waals surface area contributed by atoms with Gasteiger partial charge >= 0.3 is 0 Å². The molecule has 24 heavy (non-hydrogen) atoms. The van der Waals surface area contributed by atoms with E-state index in [9.17, 15) is 0 Å². The van der Waals surface area contributed by atoms with Gasteiger partial charge in [-0.1, -0.05) is 84.6 Å². The topological polar surface area (TPSA) is 0 Å². The van der Waals surface area contributed by atoms with Crippen molar-refractivity contribution in [3.05, 3.63) is 35.4 Å². The van der Waals surface area contributed by atoms with E-state index in [4.69, 9.17) is 0 Å². The lowest BCUT2D eigenvalue weighted by Gasteiger charge is -2.31. The van der Waals surface area contributed by atoms with E-state index in [-0.39, 0.29) is 0 Å². The molecule has 0 heteroatoms. The van der Waals surface area contributed by atoms with Crippen molar-refractivity contribution in [2.45, 2.75) is 97.8 Å². The van der Waals surface area contributed by atoms with Crippen LogP contribution in [0.25, 0.3) is 0 Å². The van der Waals surface area contributed by atoms with Crippen LogP contribution in [0.3, 0.4) is 0 Å². The van der Waals surface area contributed by atoms with Crippen molar-refractivity contribution in [3.63, 3.8) is 0 Å². The second-order valence-electron chi connectivity index (χ2n) is 8.43. The molecule has 0 radical (unpaired) electrons. The molecule has 0 aliphatic heterocycles. The number of rotatable bonds is 3. The summed E-state index contributed by atoms with van der Waals surface area (Å²) in [6.07, 6.45) is 11.4. The fourth-order valence-electron chi connectivity index (χ4n) is 4.72. The van der Waals surface area contributed by atoms with E-state index in [0.717, 1.165) is 29.6 Å². The van der Waals surface area contributed by atoms with E-state index in [2.05, 4.69) is 45.0 Å². The van der Waals surface area contributed by atoms with Crippen LogP contribution >= 0.6 is 0 Å². The van der Waals surface area contributed by atoms with Crippen molar-refractivity contribution in [3.8, 4) is 0 Å². The molecule has 0 N–H and O–H groups in total. The van der Waals surface area contributed by atoms with Gasteiger partial charge in [0.1, 0.15) is 0 Å². The van der Waals surface area contributed by atoms with E-state index >= 15 is 0 Å². The van der Waals surface area contributed by atoms with Crippen molar-refractivity contribution in [2.75, 3.05) is 0 Å². The van der Waals surface area contributed by atoms with Gasteiger partial charge in [0.05, 0.1) is 0 Å². The van der Waals surface area contributed by atoms with Gasteiger partial charge in [-0.05, 0) is 66.4 Å². The minimum Gasteiger partial charge on any atom is -0.0683 e. The Labute approximate surface area is 151 Å². The molecule has 2 aliphatic rings. The summed E-state index contributed by atoms with van der Waals surface area (Å²) in [5.74, 6) is 4.39. The summed E-state index contributed by atoms with van der Waals surface area (Å²) in [5, 5.41) is 0. The summed E-state index contributed by atoms with van der Waals surface area (Å²) in [6, 6.07) is 9.77. The third kappa shape index (κ3) is 5.11. The van der Waals surface area contributed by atoms with Gasteiger partial charge in [-0.15, -0.1) is 0 Å². The minimum absolute atomic E-state index is 0.743. The minimum atomic E-state index is 0.743. The molecule has 0 heterocycles. The number of hydrogen-bond acceptors (Lipinski definition) is 0. The third-order valence-electron chi connectivity index (χ3n) is 6.72. The van der Waals surface area contributed by atoms with Crippen molar-refractivity contribution in [1.82, 2.24) is 0 Å². The molecule has 2 aliphatic carbocycles. The van der Waals surface area contributed by atoms with E-state index in [1.807, 2.05) is 13.8 Å². The molecule has 136 valence electrons. The van der Waals surface area contributed by atoms with Gasteiger partial charge in [-0.25, -0.2) is 0 Å². The molecule has 2 fully saturated rings. The fourth-order valence-corrected chi connectivity index (χ4v) is 4.72. The Hall–Kier alpha value is -0.780. The molecule has 1 aromatic carbocycles. The molecular weight excluding hydrogens is 288 g/mol. The maximum absolute atomic E-state index is 2.46. The molecular formula is C24H40. The third-order valence-corrected chi connectivity index (χ3v) is 6.72. The molecule has 0 spiro atoms. The first kappa shape index (κ1) is 19.5. The highest BCUT2D eigenvalue weighted by molar-refractivity contribution is 5.28. The molecule has 3 rings (SSSR count). The molecule has 0 saturated heterocycles. The standard InChI is InChI=1S/C22H34.C2H6/c1-16-4-8-19(9-5-16)18(3)20-12-14-22(15-13-20)21-10-6-17(2)7-11-21;1-2/h12-19,21H,4-11H2,1-3H3;1-2H3. The van der Waals surface area contributed by atoms with Gasteiger partial charge in [0.2, 0.25) is 0 Å². The first-order valence-corrected chi connectivity index (χ1v) is 10.7. The maximum atomic E-state index is 2.46. The lowest BCUT2D eigenvalue weighted by Crippen LogP contribution is -2.17. The van der Waals surface area contributed by atoms with Crippen LogP contribution in [-0.2, 0) is 0 Å². The quantitative estimate of drug-likeness (QED) is 0.528. The second-order valence-corrected chi connectivity index (χ2v) is 8.43. The lowest BCUT2D eigenvalue weighted by molar-refractivity contribution is 0.261. The van der Waals surface area contributed by atoms with Gasteiger partial charge in [-0.2, -0.15) is 0 Å². The summed E-state index contributed by atoms with van der Waals surface area (Å²) in [6.45, 7) is 11.3. The highest BCUT2D eigenvalue weighted by Crippen LogP contribution is 2.39. The van der Waals surface area contributed by atoms with Gasteiger partial charge < -0.3 is 0 Å². The zero-order chi connectivity index (χ0) is 17.5. The van der Waals surface area contributed by atoms with Gasteiger partial charge in [-0.3, -0.25) is 0 Å². The molecule has 2 saturated carbocycles. The molecule has 0 nitrogen and oxygen atoms in total. The van der Waals surface area contributed by atoms with Crippen LogP contribution in [0.1, 0.15) is 109 Å². The molecule has 1 atom stereocenters. The van der Waals surface area contributed by atoms with Crippen LogP contribution in [0.5, 0.6) is 0 Å². The molecule has 0 aromatic heterocycles. The highest BCUT2D eigenvalue weighted by atomic mass is 14.3. The Balaban J connectivity index is 0.00000100. The first-order valence-electron chi connectivity index (χ1n) is 10.7. The van der Waals surface area contributed by atoms with Crippen molar-refractivity contribution in [1.29, 1.82) is 0 Å². The zero-order valence-corrected chi connectivity index (χ0v) is 16.9. The lowest BCUT2D eigenvalue weighted by atomic mass is 9.74. The fraction of sp³-hybridized carbons (Fsp3) is 0.750. The van der Waals surface area contributed by atoms with E-state index < -0.39 is 0 Å². The zero-order valence-electron chi connectivity index (χ0n) is 16.9. The summed E-state index contributed by atoms with van der Waals surface area (Å²) in [5.41, 5.74) is 3.17. The second kappa shape index (κ2) is 9.64. The van der Waals surface area contributed by atoms with Gasteiger partial charge in [0, 0.05) is 0 Å². The normalized spacial score (nSPS) is 31.7. The monoisotopic (exact) mass is 328 g/mol. The number of benzene rings is 1. The average Bonchev–Trinajstić information content (AvgIpc) is 2.64. The first-order chi connectivity index (χ1) is 11.6. The van der Waals surface area contributed by atoms with Crippen LogP contribution in [0, 0.1) is 17.8 Å². The van der Waals surface area contributed by atoms with Crippen molar-refractivity contribution < 1.29 is 0 Å². The highest BCUT2D eigenvalue weighted by Gasteiger charge is 2.25. The van der Waals surface area contributed by atoms with Gasteiger partial charge in [0.25, 0.3) is 0 Å². The SMILES string of the molecule is CC.CC1CCC(c2ccc(C(C)C3CCC(C)CC3)cc2)CC1. The Morgan fingerprint density at radius 1 is 0.708 bits per heavy atom. The van der Waals surface area contributed by atoms with E-state index in [0.29, 0.717) is 0 Å². The predicted octanol–water partition coefficient (Wildman–Crippen LogP) is 7.94. The Bertz CT molecular complexity index is 441. The molecule has 1 aromatic rings. The summed E-state index contributed by atoms with van der Waals surface area (Å²) in [7, 11) is 0. The Kier molecular flexibility index (Phi) is 7.85. The van der Waals surface area contributed by atoms with Crippen LogP contribution in [0.2, 0.25) is 0 Å². The summed E-state index contributed by atoms with van der Waals surface area (Å²) in [4.78, 5) is 0. The van der Waals surface area contributed by atoms with Crippen molar-refractivity contribution >= 4 is 0 Å². The van der Waals surface area contributed by atoms with E-state index in [1.54, 1.807) is 11.1 Å². The van der Waals surface area contributed by atoms with E-state index in [1.165, 1.54) is 51.4 Å². The summed E-state index contributed by atoms with van der Waals surface area (Å²) >= 11 is 0. The predicted molar refractivity (Wildman–Crippen MR) is 108 cm³/mol. The number of hydrogen-bond donors (Lipinski definition) is 0. The largest absolute Gasteiger partial charge is 0.0683 e. The molecule has 0 amide bonds. The van der Waals surface area contributed by atoms with Crippen LogP contribution in [-0.4, -0.2) is 0 Å². The van der Waals surface area contributed by atoms with Crippen molar-refractivity contribution in [2.24, 2.45) is 17.8 Å². The Morgan fingerprint density at radius 3 is 1.67 bits per heavy atom. The Morgan fingerprint density at radius 2 is 1.17 bits per heavy atom. The molecule has 1 unspecified atom stereocenters. The smallest absolute Gasteiger partial charge is 0.0162 e. The van der Waals surface area contributed by atoms with Crippen LogP contribution in [0.4, 0.5) is 0 Å².